The number of hydrogen-bond acceptors (Lipinski definition) is 15. The minimum atomic E-state index is -1.80. The van der Waals surface area contributed by atoms with E-state index in [0.29, 0.717) is 31.2 Å². The number of amides is 10. The second-order valence-electron chi connectivity index (χ2n) is 22.2. The highest BCUT2D eigenvalue weighted by atomic mass is 16.4. The summed E-state index contributed by atoms with van der Waals surface area (Å²) in [7, 11) is 0. The Morgan fingerprint density at radius 2 is 0.779 bits per heavy atom. The van der Waals surface area contributed by atoms with Crippen molar-refractivity contribution in [1.29, 1.82) is 0 Å². The maximum Gasteiger partial charge on any atom is 0.305 e. The van der Waals surface area contributed by atoms with Crippen LogP contribution in [0.4, 0.5) is 0 Å². The highest BCUT2D eigenvalue weighted by Crippen LogP contribution is 2.14. The Bertz CT molecular complexity index is 2420. The summed E-state index contributed by atoms with van der Waals surface area (Å²) in [6.45, 7) is 12.6. The van der Waals surface area contributed by atoms with Crippen LogP contribution >= 0.6 is 0 Å². The van der Waals surface area contributed by atoms with E-state index in [1.807, 2.05) is 13.8 Å². The Kier molecular flexibility index (Phi) is 36.2. The first-order valence-corrected chi connectivity index (χ1v) is 29.3. The molecule has 0 saturated carbocycles. The van der Waals surface area contributed by atoms with Crippen LogP contribution in [0, 0.1) is 17.8 Å². The molecule has 0 aliphatic carbocycles. The van der Waals surface area contributed by atoms with Gasteiger partial charge >= 0.3 is 5.97 Å². The zero-order valence-electron chi connectivity index (χ0n) is 50.9. The van der Waals surface area contributed by atoms with Crippen LogP contribution in [0.2, 0.25) is 0 Å². The summed E-state index contributed by atoms with van der Waals surface area (Å²) in [6, 6.07) is -3.79. The lowest BCUT2D eigenvalue weighted by Crippen LogP contribution is -2.61. The van der Waals surface area contributed by atoms with Crippen LogP contribution in [-0.2, 0) is 59.2 Å². The molecule has 1 rings (SSSR count). The molecule has 0 aliphatic heterocycles. The lowest BCUT2D eigenvalue weighted by Gasteiger charge is -2.28. The number of nitrogens with one attached hydrogen (secondary N) is 9. The first-order chi connectivity index (χ1) is 40.5. The summed E-state index contributed by atoms with van der Waals surface area (Å²) in [6.07, 6.45) is 1.28. The number of carboxylic acid groups (broad SMARTS) is 1. The van der Waals surface area contributed by atoms with Crippen LogP contribution in [-0.4, -0.2) is 163 Å². The van der Waals surface area contributed by atoms with Gasteiger partial charge in [-0.05, 0) is 121 Å². The lowest BCUT2D eigenvalue weighted by atomic mass is 9.98. The molecular weight excluding hydrogens is 1120 g/mol. The monoisotopic (exact) mass is 1210 g/mol. The molecule has 10 amide bonds. The fourth-order valence-corrected chi connectivity index (χ4v) is 8.80. The van der Waals surface area contributed by atoms with Gasteiger partial charge in [-0.2, -0.15) is 0 Å². The second kappa shape index (κ2) is 41.0. The van der Waals surface area contributed by atoms with E-state index in [4.69, 9.17) is 40.1 Å². The normalized spacial score (nSPS) is 14.5. The molecule has 30 nitrogen and oxygen atoms in total. The van der Waals surface area contributed by atoms with Gasteiger partial charge in [0.25, 0.3) is 0 Å². The van der Waals surface area contributed by atoms with E-state index in [2.05, 4.69) is 57.8 Å². The largest absolute Gasteiger partial charge is 0.481 e. The Morgan fingerprint density at radius 1 is 0.419 bits per heavy atom. The highest BCUT2D eigenvalue weighted by Gasteiger charge is 2.36. The molecule has 0 heterocycles. The second-order valence-corrected chi connectivity index (χ2v) is 22.2. The molecule has 0 bridgehead atoms. The smallest absolute Gasteiger partial charge is 0.305 e. The molecule has 0 radical (unpaired) electrons. The summed E-state index contributed by atoms with van der Waals surface area (Å²) >= 11 is 0. The Hall–Kier alpha value is -8.15. The number of guanidine groups is 2. The molecule has 24 N–H and O–H groups in total. The van der Waals surface area contributed by atoms with Crippen molar-refractivity contribution in [3.8, 4) is 0 Å². The van der Waals surface area contributed by atoms with E-state index >= 15 is 0 Å². The van der Waals surface area contributed by atoms with Gasteiger partial charge in [0.1, 0.15) is 54.4 Å². The number of nitrogens with two attached hydrogens (primary N) is 7. The number of carbonyl (C=O) groups excluding carboxylic acids is 10. The molecule has 1 aromatic carbocycles. The van der Waals surface area contributed by atoms with Crippen molar-refractivity contribution in [2.24, 2.45) is 67.9 Å². The van der Waals surface area contributed by atoms with Crippen LogP contribution in [0.3, 0.4) is 0 Å². The summed E-state index contributed by atoms with van der Waals surface area (Å²) in [4.78, 5) is 157. The van der Waals surface area contributed by atoms with Crippen LogP contribution in [0.1, 0.15) is 138 Å². The number of rotatable bonds is 43. The number of hydrogen-bond donors (Lipinski definition) is 17. The predicted octanol–water partition coefficient (Wildman–Crippen LogP) is -3.31. The zero-order chi connectivity index (χ0) is 65.1. The fourth-order valence-electron chi connectivity index (χ4n) is 8.80. The summed E-state index contributed by atoms with van der Waals surface area (Å²) in [5, 5.41) is 33.3. The Labute approximate surface area is 503 Å². The number of primary amides is 1. The van der Waals surface area contributed by atoms with Gasteiger partial charge in [0, 0.05) is 25.4 Å². The molecule has 0 spiro atoms. The standard InChI is InChI=1S/C56H98N18O12/c1-31(2)27-33(5)46(78)66-34(6)48(80)72-41(28-32(3)4)52(84)74-43(30-44(75)76)54(86)73-42(29-36-17-9-8-10-18-36)53(85)71-39(20-12-14-24-58)50(82)70-40(22-16-26-65-56(62)63)51(83)69-38(19-11-13-23-57)49(81)67-35(7)47(79)68-37(45(59)77)21-15-25-64-55(60)61/h8-10,17-18,31-35,37-43H,11-16,19-30,57-58H2,1-7H3,(H2,59,77)(H,66,78)(H,67,81)(H,68,79)(H,69,83)(H,70,82)(H,71,85)(H,72,80)(H,73,86)(H,74,84)(H,75,76)(H4,60,61,64)(H4,62,63,65)/t33-,34+,35-,37+,38+,39+,40-,41-,42-,43+/m0/s1. The SMILES string of the molecule is CC(C)C[C@H](NC(=O)[C@@H](C)NC(=O)[C@@H](C)CC(C)C)C(=O)N[C@H](CC(=O)O)C(=O)N[C@@H](Cc1ccccc1)C(=O)N[C@H](CCCCN)C(=O)N[C@@H](CCCN=C(N)N)C(=O)N[C@H](CCCCN)C(=O)N[C@@H](C)C(=O)N[C@H](CCCN=C(N)N)C(N)=O. The average Bonchev–Trinajstić information content (AvgIpc) is 3.27. The van der Waals surface area contributed by atoms with Gasteiger partial charge in [0.2, 0.25) is 59.1 Å². The third-order valence-electron chi connectivity index (χ3n) is 13.4. The number of nitrogens with zero attached hydrogens (tertiary/aromatic N) is 2. The maximum atomic E-state index is 14.6. The van der Waals surface area contributed by atoms with Gasteiger partial charge in [-0.25, -0.2) is 0 Å². The Balaban J connectivity index is 3.63. The van der Waals surface area contributed by atoms with Crippen LogP contribution < -0.4 is 88.0 Å². The number of aliphatic carboxylic acids is 1. The van der Waals surface area contributed by atoms with Crippen molar-refractivity contribution in [3.63, 3.8) is 0 Å². The molecule has 484 valence electrons. The lowest BCUT2D eigenvalue weighted by molar-refractivity contribution is -0.141. The summed E-state index contributed by atoms with van der Waals surface area (Å²) < 4.78 is 0. The summed E-state index contributed by atoms with van der Waals surface area (Å²) in [5.74, 6) is -10.4. The molecule has 10 atom stereocenters. The van der Waals surface area contributed by atoms with E-state index in [1.54, 1.807) is 51.1 Å². The van der Waals surface area contributed by atoms with Crippen LogP contribution in [0.15, 0.2) is 40.3 Å². The van der Waals surface area contributed by atoms with E-state index in [-0.39, 0.29) is 114 Å². The molecule has 0 fully saturated rings. The first kappa shape index (κ1) is 75.9. The number of aliphatic imine (C=N–C) groups is 2. The van der Waals surface area contributed by atoms with Crippen molar-refractivity contribution in [2.75, 3.05) is 26.2 Å². The molecule has 0 aromatic heterocycles. The molecular formula is C56H98N18O12. The topological polar surface area (TPSA) is 523 Å². The molecule has 1 aromatic rings. The molecule has 30 heteroatoms. The van der Waals surface area contributed by atoms with Gasteiger partial charge in [0.15, 0.2) is 11.9 Å². The number of carbonyl (C=O) groups is 11. The van der Waals surface area contributed by atoms with Crippen molar-refractivity contribution in [2.45, 2.75) is 193 Å². The van der Waals surface area contributed by atoms with Crippen molar-refractivity contribution in [1.82, 2.24) is 47.9 Å². The zero-order valence-corrected chi connectivity index (χ0v) is 50.9. The van der Waals surface area contributed by atoms with Gasteiger partial charge < -0.3 is 93.1 Å². The third-order valence-corrected chi connectivity index (χ3v) is 13.4. The van der Waals surface area contributed by atoms with E-state index in [1.165, 1.54) is 13.8 Å². The average molecular weight is 1220 g/mol. The van der Waals surface area contributed by atoms with Crippen molar-refractivity contribution >= 4 is 77.0 Å². The number of unbranched alkanes of at least 4 members (excludes halogenated alkanes) is 2. The Morgan fingerprint density at radius 3 is 1.21 bits per heavy atom. The van der Waals surface area contributed by atoms with E-state index in [0.717, 1.165) is 0 Å². The van der Waals surface area contributed by atoms with E-state index in [9.17, 15) is 57.8 Å². The maximum absolute atomic E-state index is 14.6. The highest BCUT2D eigenvalue weighted by molar-refractivity contribution is 5.99. The minimum Gasteiger partial charge on any atom is -0.481 e. The third kappa shape index (κ3) is 31.7. The van der Waals surface area contributed by atoms with Gasteiger partial charge in [-0.3, -0.25) is 62.7 Å². The van der Waals surface area contributed by atoms with Crippen LogP contribution in [0.25, 0.3) is 0 Å². The first-order valence-electron chi connectivity index (χ1n) is 29.3. The van der Waals surface area contributed by atoms with Gasteiger partial charge in [-0.1, -0.05) is 65.0 Å². The molecule has 0 aliphatic rings. The van der Waals surface area contributed by atoms with Gasteiger partial charge in [0.05, 0.1) is 6.42 Å². The minimum absolute atomic E-state index is 0.0143. The quantitative estimate of drug-likeness (QED) is 0.0173. The van der Waals surface area contributed by atoms with Crippen LogP contribution in [0.5, 0.6) is 0 Å². The van der Waals surface area contributed by atoms with E-state index < -0.39 is 126 Å². The molecule has 0 unspecified atom stereocenters. The van der Waals surface area contributed by atoms with Gasteiger partial charge in [-0.15, -0.1) is 0 Å². The number of carboxylic acids is 1. The molecule has 86 heavy (non-hydrogen) atoms. The number of benzene rings is 1. The fraction of sp³-hybridized carbons (Fsp3) is 0.661. The molecule has 0 saturated heterocycles. The summed E-state index contributed by atoms with van der Waals surface area (Å²) in [5.41, 5.74) is 39.4. The predicted molar refractivity (Wildman–Crippen MR) is 324 cm³/mol. The van der Waals surface area contributed by atoms with Crippen molar-refractivity contribution in [3.05, 3.63) is 35.9 Å². The van der Waals surface area contributed by atoms with Crippen molar-refractivity contribution < 1.29 is 57.8 Å².